The third kappa shape index (κ3) is 2.73. The van der Waals surface area contributed by atoms with Gasteiger partial charge in [0.2, 0.25) is 0 Å². The number of anilines is 1. The Morgan fingerprint density at radius 3 is 2.57 bits per heavy atom. The van der Waals surface area contributed by atoms with E-state index in [4.69, 9.17) is 4.74 Å². The zero-order chi connectivity index (χ0) is 19.1. The smallest absolute Gasteiger partial charge is 0.254 e. The third-order valence-corrected chi connectivity index (χ3v) is 5.86. The average molecular weight is 370 g/mol. The Balaban J connectivity index is 1.57. The standard InChI is InChI=1S/C24H22N2O2/c1-28-18-12-10-16(11-13-18)14-21-19-7-3-2-6-17(19)15-26-22-9-5-4-8-20(22)24(27)25-23(21)26/h2-13,21,23H,14-15H2,1H3,(H,25,27)/t21-,23+/m1/s1. The number of rotatable bonds is 3. The van der Waals surface area contributed by atoms with Gasteiger partial charge in [-0.25, -0.2) is 0 Å². The summed E-state index contributed by atoms with van der Waals surface area (Å²) < 4.78 is 5.29. The van der Waals surface area contributed by atoms with Crippen molar-refractivity contribution in [2.75, 3.05) is 12.0 Å². The van der Waals surface area contributed by atoms with Crippen LogP contribution in [0.5, 0.6) is 5.75 Å². The quantitative estimate of drug-likeness (QED) is 0.754. The maximum absolute atomic E-state index is 12.8. The molecule has 1 N–H and O–H groups in total. The number of ether oxygens (including phenoxy) is 1. The van der Waals surface area contributed by atoms with Gasteiger partial charge in [-0.05, 0) is 47.4 Å². The Morgan fingerprint density at radius 1 is 1.00 bits per heavy atom. The number of methoxy groups -OCH3 is 1. The lowest BCUT2D eigenvalue weighted by molar-refractivity contribution is 0.0916. The minimum Gasteiger partial charge on any atom is -0.497 e. The molecule has 3 aromatic carbocycles. The van der Waals surface area contributed by atoms with Crippen molar-refractivity contribution in [1.82, 2.24) is 5.32 Å². The van der Waals surface area contributed by atoms with E-state index in [1.807, 2.05) is 30.3 Å². The van der Waals surface area contributed by atoms with Crippen LogP contribution >= 0.6 is 0 Å². The Kier molecular flexibility index (Phi) is 4.05. The van der Waals surface area contributed by atoms with Gasteiger partial charge in [0.05, 0.1) is 18.4 Å². The first-order chi connectivity index (χ1) is 13.7. The van der Waals surface area contributed by atoms with Crippen LogP contribution in [0.25, 0.3) is 0 Å². The second-order valence-electron chi connectivity index (χ2n) is 7.42. The summed E-state index contributed by atoms with van der Waals surface area (Å²) in [4.78, 5) is 15.1. The van der Waals surface area contributed by atoms with Gasteiger partial charge in [0, 0.05) is 12.5 Å². The van der Waals surface area contributed by atoms with Gasteiger partial charge >= 0.3 is 0 Å². The lowest BCUT2D eigenvalue weighted by atomic mass is 9.81. The van der Waals surface area contributed by atoms with Crippen LogP contribution in [-0.4, -0.2) is 19.2 Å². The van der Waals surface area contributed by atoms with Gasteiger partial charge < -0.3 is 15.0 Å². The predicted octanol–water partition coefficient (Wildman–Crippen LogP) is 4.11. The molecule has 5 rings (SSSR count). The molecule has 1 amide bonds. The van der Waals surface area contributed by atoms with Crippen molar-refractivity contribution in [2.24, 2.45) is 0 Å². The van der Waals surface area contributed by atoms with Crippen molar-refractivity contribution in [3.8, 4) is 5.75 Å². The summed E-state index contributed by atoms with van der Waals surface area (Å²) in [6, 6.07) is 24.7. The molecule has 140 valence electrons. The first-order valence-electron chi connectivity index (χ1n) is 9.62. The SMILES string of the molecule is COc1ccc(C[C@@H]2c3ccccc3CN3c4ccccc4C(=O)N[C@H]23)cc1. The maximum Gasteiger partial charge on any atom is 0.254 e. The molecule has 0 aliphatic carbocycles. The van der Waals surface area contributed by atoms with Crippen molar-refractivity contribution >= 4 is 11.6 Å². The number of para-hydroxylation sites is 1. The normalized spacial score (nSPS) is 19.9. The summed E-state index contributed by atoms with van der Waals surface area (Å²) in [5, 5.41) is 3.27. The molecule has 0 bridgehead atoms. The van der Waals surface area contributed by atoms with E-state index in [0.717, 1.165) is 30.0 Å². The van der Waals surface area contributed by atoms with Crippen molar-refractivity contribution < 1.29 is 9.53 Å². The van der Waals surface area contributed by atoms with Crippen LogP contribution in [0.15, 0.2) is 72.8 Å². The molecule has 0 radical (unpaired) electrons. The summed E-state index contributed by atoms with van der Waals surface area (Å²) in [5.41, 5.74) is 5.64. The molecule has 2 heterocycles. The Labute approximate surface area is 164 Å². The molecule has 28 heavy (non-hydrogen) atoms. The lowest BCUT2D eigenvalue weighted by Crippen LogP contribution is -2.57. The fraction of sp³-hybridized carbons (Fsp3) is 0.208. The Morgan fingerprint density at radius 2 is 1.75 bits per heavy atom. The summed E-state index contributed by atoms with van der Waals surface area (Å²) in [6.07, 6.45) is 0.796. The minimum atomic E-state index is -0.0561. The number of benzene rings is 3. The third-order valence-electron chi connectivity index (χ3n) is 5.86. The Bertz CT molecular complexity index is 1030. The van der Waals surface area contributed by atoms with Crippen LogP contribution in [0.2, 0.25) is 0 Å². The molecule has 0 unspecified atom stereocenters. The van der Waals surface area contributed by atoms with Crippen molar-refractivity contribution in [2.45, 2.75) is 25.0 Å². The molecule has 2 atom stereocenters. The summed E-state index contributed by atoms with van der Waals surface area (Å²) >= 11 is 0. The minimum absolute atomic E-state index is 0.0102. The fourth-order valence-electron chi connectivity index (χ4n) is 4.49. The van der Waals surface area contributed by atoms with Gasteiger partial charge in [-0.15, -0.1) is 0 Å². The van der Waals surface area contributed by atoms with Crippen molar-refractivity contribution in [1.29, 1.82) is 0 Å². The number of fused-ring (bicyclic) bond motifs is 4. The van der Waals surface area contributed by atoms with E-state index < -0.39 is 0 Å². The number of nitrogens with zero attached hydrogens (tertiary/aromatic N) is 1. The highest BCUT2D eigenvalue weighted by Gasteiger charge is 2.40. The van der Waals surface area contributed by atoms with Gasteiger partial charge in [0.25, 0.3) is 5.91 Å². The number of carbonyl (C=O) groups excluding carboxylic acids is 1. The molecule has 0 aromatic heterocycles. The zero-order valence-corrected chi connectivity index (χ0v) is 15.8. The van der Waals surface area contributed by atoms with Gasteiger partial charge in [-0.2, -0.15) is 0 Å². The number of amides is 1. The van der Waals surface area contributed by atoms with Gasteiger partial charge in [0.15, 0.2) is 0 Å². The van der Waals surface area contributed by atoms with Crippen LogP contribution in [0.1, 0.15) is 33.0 Å². The van der Waals surface area contributed by atoms with Crippen molar-refractivity contribution in [3.05, 3.63) is 95.1 Å². The monoisotopic (exact) mass is 370 g/mol. The van der Waals surface area contributed by atoms with Gasteiger partial charge in [-0.3, -0.25) is 4.79 Å². The second-order valence-corrected chi connectivity index (χ2v) is 7.42. The first-order valence-corrected chi connectivity index (χ1v) is 9.62. The zero-order valence-electron chi connectivity index (χ0n) is 15.8. The molecule has 3 aromatic rings. The molecular weight excluding hydrogens is 348 g/mol. The molecule has 4 heteroatoms. The van der Waals surface area contributed by atoms with E-state index in [-0.39, 0.29) is 18.0 Å². The van der Waals surface area contributed by atoms with Crippen LogP contribution in [-0.2, 0) is 13.0 Å². The molecule has 0 fully saturated rings. The van der Waals surface area contributed by atoms with Crippen LogP contribution < -0.4 is 15.0 Å². The highest BCUT2D eigenvalue weighted by atomic mass is 16.5. The van der Waals surface area contributed by atoms with Crippen molar-refractivity contribution in [3.63, 3.8) is 0 Å². The number of carbonyl (C=O) groups is 1. The Hall–Kier alpha value is -3.27. The van der Waals surface area contributed by atoms with E-state index in [1.54, 1.807) is 7.11 Å². The number of nitrogens with one attached hydrogen (secondary N) is 1. The molecule has 2 aliphatic rings. The predicted molar refractivity (Wildman–Crippen MR) is 110 cm³/mol. The topological polar surface area (TPSA) is 41.6 Å². The fourth-order valence-corrected chi connectivity index (χ4v) is 4.49. The number of hydrogen-bond acceptors (Lipinski definition) is 3. The van der Waals surface area contributed by atoms with Gasteiger partial charge in [0.1, 0.15) is 11.9 Å². The first kappa shape index (κ1) is 16.9. The highest BCUT2D eigenvalue weighted by molar-refractivity contribution is 6.02. The molecular formula is C24H22N2O2. The van der Waals surface area contributed by atoms with E-state index in [1.165, 1.54) is 16.7 Å². The second kappa shape index (κ2) is 6.71. The maximum atomic E-state index is 12.8. The molecule has 4 nitrogen and oxygen atoms in total. The number of hydrogen-bond donors (Lipinski definition) is 1. The molecule has 0 saturated carbocycles. The van der Waals surface area contributed by atoms with Crippen LogP contribution in [0.3, 0.4) is 0 Å². The molecule has 0 spiro atoms. The largest absolute Gasteiger partial charge is 0.497 e. The lowest BCUT2D eigenvalue weighted by Gasteiger charge is -2.47. The summed E-state index contributed by atoms with van der Waals surface area (Å²) in [7, 11) is 1.68. The van der Waals surface area contributed by atoms with Crippen LogP contribution in [0, 0.1) is 0 Å². The summed E-state index contributed by atoms with van der Waals surface area (Å²) in [5.74, 6) is 1.04. The summed E-state index contributed by atoms with van der Waals surface area (Å²) in [6.45, 7) is 0.803. The van der Waals surface area contributed by atoms with E-state index >= 15 is 0 Å². The highest BCUT2D eigenvalue weighted by Crippen LogP contribution is 2.40. The molecule has 2 aliphatic heterocycles. The van der Waals surface area contributed by atoms with E-state index in [0.29, 0.717) is 0 Å². The van der Waals surface area contributed by atoms with Crippen LogP contribution in [0.4, 0.5) is 5.69 Å². The van der Waals surface area contributed by atoms with E-state index in [9.17, 15) is 4.79 Å². The molecule has 0 saturated heterocycles. The van der Waals surface area contributed by atoms with Gasteiger partial charge in [-0.1, -0.05) is 48.5 Å². The average Bonchev–Trinajstić information content (AvgIpc) is 2.75. The van der Waals surface area contributed by atoms with E-state index in [2.05, 4.69) is 52.7 Å².